The molecule has 1 unspecified atom stereocenters. The van der Waals surface area contributed by atoms with Crippen molar-refractivity contribution >= 4 is 17.5 Å². The van der Waals surface area contributed by atoms with E-state index in [-0.39, 0.29) is 30.4 Å². The van der Waals surface area contributed by atoms with Gasteiger partial charge >= 0.3 is 6.18 Å². The fraction of sp³-hybridized carbons (Fsp3) is 0.429. The second-order valence-corrected chi connectivity index (χ2v) is 8.13. The number of hydrogen-bond acceptors (Lipinski definition) is 5. The fourth-order valence-corrected chi connectivity index (χ4v) is 3.43. The van der Waals surface area contributed by atoms with Crippen LogP contribution in [-0.4, -0.2) is 31.4 Å². The van der Waals surface area contributed by atoms with E-state index in [0.717, 1.165) is 18.9 Å². The SMILES string of the molecule is CC(Cn1nc(C(F)(F)F)cc1C1CC1)C(=O)Nc1cn(C)nc1C(=O)NCc1ccco1. The number of carbonyl (C=O) groups excluding carboxylic acids is 2. The summed E-state index contributed by atoms with van der Waals surface area (Å²) in [4.78, 5) is 25.3. The predicted molar refractivity (Wildman–Crippen MR) is 110 cm³/mol. The van der Waals surface area contributed by atoms with Gasteiger partial charge in [0.15, 0.2) is 11.4 Å². The Morgan fingerprint density at radius 2 is 2.06 bits per heavy atom. The number of aromatic nitrogens is 4. The summed E-state index contributed by atoms with van der Waals surface area (Å²) >= 11 is 0. The van der Waals surface area contributed by atoms with Gasteiger partial charge in [0, 0.05) is 24.9 Å². The van der Waals surface area contributed by atoms with Crippen molar-refractivity contribution in [3.63, 3.8) is 0 Å². The molecule has 0 spiro atoms. The molecule has 12 heteroatoms. The maximum absolute atomic E-state index is 13.1. The maximum atomic E-state index is 13.1. The van der Waals surface area contributed by atoms with E-state index in [2.05, 4.69) is 20.8 Å². The Labute approximate surface area is 186 Å². The first-order valence-electron chi connectivity index (χ1n) is 10.4. The molecule has 33 heavy (non-hydrogen) atoms. The van der Waals surface area contributed by atoms with Crippen LogP contribution in [-0.2, 0) is 31.1 Å². The minimum atomic E-state index is -4.55. The summed E-state index contributed by atoms with van der Waals surface area (Å²) in [5, 5.41) is 13.1. The summed E-state index contributed by atoms with van der Waals surface area (Å²) < 4.78 is 47.2. The van der Waals surface area contributed by atoms with Crippen LogP contribution in [0.1, 0.15) is 53.3 Å². The number of amides is 2. The maximum Gasteiger partial charge on any atom is 0.435 e. The lowest BCUT2D eigenvalue weighted by molar-refractivity contribution is -0.141. The van der Waals surface area contributed by atoms with Gasteiger partial charge in [0.2, 0.25) is 5.91 Å². The number of aryl methyl sites for hydroxylation is 1. The van der Waals surface area contributed by atoms with Gasteiger partial charge < -0.3 is 15.1 Å². The van der Waals surface area contributed by atoms with Gasteiger partial charge in [0.25, 0.3) is 5.91 Å². The Hall–Kier alpha value is -3.57. The van der Waals surface area contributed by atoms with E-state index in [1.54, 1.807) is 26.1 Å². The van der Waals surface area contributed by atoms with Gasteiger partial charge in [-0.05, 0) is 31.0 Å². The van der Waals surface area contributed by atoms with Crippen molar-refractivity contribution in [2.24, 2.45) is 13.0 Å². The molecule has 0 aromatic carbocycles. The molecule has 0 bridgehead atoms. The quantitative estimate of drug-likeness (QED) is 0.532. The van der Waals surface area contributed by atoms with Crippen molar-refractivity contribution in [1.82, 2.24) is 24.9 Å². The number of alkyl halides is 3. The third-order valence-corrected chi connectivity index (χ3v) is 5.30. The average molecular weight is 464 g/mol. The van der Waals surface area contributed by atoms with Gasteiger partial charge in [0.05, 0.1) is 31.0 Å². The summed E-state index contributed by atoms with van der Waals surface area (Å²) in [6.07, 6.45) is 0.0262. The molecule has 176 valence electrons. The van der Waals surface area contributed by atoms with Gasteiger partial charge in [-0.1, -0.05) is 6.92 Å². The van der Waals surface area contributed by atoms with Crippen molar-refractivity contribution in [3.05, 3.63) is 53.5 Å². The molecule has 1 atom stereocenters. The molecule has 3 aromatic heterocycles. The van der Waals surface area contributed by atoms with Crippen LogP contribution < -0.4 is 10.6 Å². The smallest absolute Gasteiger partial charge is 0.435 e. The molecule has 0 radical (unpaired) electrons. The zero-order chi connectivity index (χ0) is 23.8. The lowest BCUT2D eigenvalue weighted by atomic mass is 10.1. The third kappa shape index (κ3) is 5.26. The second kappa shape index (κ2) is 8.75. The number of hydrogen-bond donors (Lipinski definition) is 2. The van der Waals surface area contributed by atoms with Crippen molar-refractivity contribution < 1.29 is 27.2 Å². The standard InChI is InChI=1S/C21H23F3N6O3/c1-12(10-30-16(13-5-6-13)8-17(27-30)21(22,23)24)19(31)26-15-11-29(2)28-18(15)20(32)25-9-14-4-3-7-33-14/h3-4,7-8,11-13H,5-6,9-10H2,1-2H3,(H,25,32)(H,26,31). The topological polar surface area (TPSA) is 107 Å². The van der Waals surface area contributed by atoms with Crippen LogP contribution in [0, 0.1) is 5.92 Å². The molecule has 0 saturated heterocycles. The third-order valence-electron chi connectivity index (χ3n) is 5.30. The molecule has 4 rings (SSSR count). The van der Waals surface area contributed by atoms with E-state index in [9.17, 15) is 22.8 Å². The Kier molecular flexibility index (Phi) is 6.00. The summed E-state index contributed by atoms with van der Waals surface area (Å²) in [5.41, 5.74) is -0.256. The number of furan rings is 1. The first-order chi connectivity index (χ1) is 15.6. The van der Waals surface area contributed by atoms with E-state index in [0.29, 0.717) is 11.5 Å². The van der Waals surface area contributed by atoms with E-state index >= 15 is 0 Å². The molecule has 2 N–H and O–H groups in total. The van der Waals surface area contributed by atoms with Gasteiger partial charge in [-0.3, -0.25) is 19.0 Å². The van der Waals surface area contributed by atoms with E-state index in [1.165, 1.54) is 21.8 Å². The summed E-state index contributed by atoms with van der Waals surface area (Å²) in [6, 6.07) is 4.46. The molecule has 1 aliphatic rings. The number of anilines is 1. The number of rotatable bonds is 8. The lowest BCUT2D eigenvalue weighted by Gasteiger charge is -2.14. The van der Waals surface area contributed by atoms with Crippen molar-refractivity contribution in [1.29, 1.82) is 0 Å². The predicted octanol–water partition coefficient (Wildman–Crippen LogP) is 3.31. The number of halogens is 3. The average Bonchev–Trinajstić information content (AvgIpc) is 3.13. The minimum Gasteiger partial charge on any atom is -0.467 e. The molecule has 0 aliphatic heterocycles. The van der Waals surface area contributed by atoms with Gasteiger partial charge in [-0.15, -0.1) is 0 Å². The lowest BCUT2D eigenvalue weighted by Crippen LogP contribution is -2.28. The van der Waals surface area contributed by atoms with Gasteiger partial charge in [-0.2, -0.15) is 23.4 Å². The van der Waals surface area contributed by atoms with Crippen molar-refractivity contribution in [3.8, 4) is 0 Å². The molecule has 3 heterocycles. The Balaban J connectivity index is 1.43. The molecular formula is C21H23F3N6O3. The highest BCUT2D eigenvalue weighted by atomic mass is 19.4. The van der Waals surface area contributed by atoms with E-state index in [1.807, 2.05) is 0 Å². The largest absolute Gasteiger partial charge is 0.467 e. The Morgan fingerprint density at radius 1 is 1.30 bits per heavy atom. The van der Waals surface area contributed by atoms with Crippen LogP contribution in [0.5, 0.6) is 0 Å². The molecule has 3 aromatic rings. The molecule has 2 amide bonds. The van der Waals surface area contributed by atoms with Crippen LogP contribution >= 0.6 is 0 Å². The summed E-state index contributed by atoms with van der Waals surface area (Å²) in [5.74, 6) is -1.08. The molecule has 1 fully saturated rings. The summed E-state index contributed by atoms with van der Waals surface area (Å²) in [6.45, 7) is 1.72. The first-order valence-corrected chi connectivity index (χ1v) is 10.4. The molecule has 1 aliphatic carbocycles. The highest BCUT2D eigenvalue weighted by Gasteiger charge is 2.38. The Morgan fingerprint density at radius 3 is 2.70 bits per heavy atom. The van der Waals surface area contributed by atoms with Crippen LogP contribution in [0.4, 0.5) is 18.9 Å². The molecule has 1 saturated carbocycles. The van der Waals surface area contributed by atoms with Gasteiger partial charge in [-0.25, -0.2) is 0 Å². The van der Waals surface area contributed by atoms with E-state index < -0.39 is 29.6 Å². The van der Waals surface area contributed by atoms with E-state index in [4.69, 9.17) is 4.42 Å². The number of nitrogens with zero attached hydrogens (tertiary/aromatic N) is 4. The van der Waals surface area contributed by atoms with Crippen LogP contribution in [0.25, 0.3) is 0 Å². The molecular weight excluding hydrogens is 441 g/mol. The van der Waals surface area contributed by atoms with Crippen molar-refractivity contribution in [2.75, 3.05) is 5.32 Å². The highest BCUT2D eigenvalue weighted by molar-refractivity contribution is 6.02. The second-order valence-electron chi connectivity index (χ2n) is 8.13. The monoisotopic (exact) mass is 464 g/mol. The van der Waals surface area contributed by atoms with Gasteiger partial charge in [0.1, 0.15) is 5.76 Å². The zero-order valence-corrected chi connectivity index (χ0v) is 18.0. The summed E-state index contributed by atoms with van der Waals surface area (Å²) in [7, 11) is 1.60. The minimum absolute atomic E-state index is 0.0155. The van der Waals surface area contributed by atoms with Crippen molar-refractivity contribution in [2.45, 2.75) is 44.9 Å². The first kappa shape index (κ1) is 22.6. The van der Waals surface area contributed by atoms with Crippen LogP contribution in [0.3, 0.4) is 0 Å². The van der Waals surface area contributed by atoms with Crippen LogP contribution in [0.15, 0.2) is 35.1 Å². The number of nitrogens with one attached hydrogen (secondary N) is 2. The normalized spacial score (nSPS) is 14.8. The highest BCUT2D eigenvalue weighted by Crippen LogP contribution is 2.42. The number of carbonyl (C=O) groups is 2. The molecule has 9 nitrogen and oxygen atoms in total. The Bertz CT molecular complexity index is 1140. The van der Waals surface area contributed by atoms with Crippen LogP contribution in [0.2, 0.25) is 0 Å². The fourth-order valence-electron chi connectivity index (χ4n) is 3.43. The zero-order valence-electron chi connectivity index (χ0n) is 18.0.